The Bertz CT molecular complexity index is 530. The molecule has 21 heavy (non-hydrogen) atoms. The summed E-state index contributed by atoms with van der Waals surface area (Å²) in [6, 6.07) is 5.17. The van der Waals surface area contributed by atoms with Crippen molar-refractivity contribution in [3.8, 4) is 5.75 Å². The fourth-order valence-corrected chi connectivity index (χ4v) is 2.84. The number of nitrogens with zero attached hydrogens (tertiary/aromatic N) is 1. The summed E-state index contributed by atoms with van der Waals surface area (Å²) in [5.74, 6) is 0.503. The van der Waals surface area contributed by atoms with Crippen LogP contribution in [0, 0.1) is 15.5 Å². The smallest absolute Gasteiger partial charge is 0.273 e. The maximum atomic E-state index is 10.9. The van der Waals surface area contributed by atoms with Crippen molar-refractivity contribution in [3.63, 3.8) is 0 Å². The van der Waals surface area contributed by atoms with Crippen LogP contribution in [-0.2, 0) is 11.3 Å². The molecule has 0 amide bonds. The molecule has 0 saturated heterocycles. The van der Waals surface area contributed by atoms with Crippen molar-refractivity contribution < 1.29 is 14.4 Å². The molecule has 0 bridgehead atoms. The number of nitro groups is 1. The van der Waals surface area contributed by atoms with E-state index in [1.807, 2.05) is 6.07 Å². The van der Waals surface area contributed by atoms with E-state index in [9.17, 15) is 10.1 Å². The van der Waals surface area contributed by atoms with Gasteiger partial charge in [0, 0.05) is 31.2 Å². The second-order valence-corrected chi connectivity index (χ2v) is 6.01. The molecule has 0 aliphatic heterocycles. The van der Waals surface area contributed by atoms with Crippen LogP contribution in [0.4, 0.5) is 5.69 Å². The van der Waals surface area contributed by atoms with Crippen molar-refractivity contribution in [2.45, 2.75) is 39.0 Å². The number of non-ortho nitro benzene ring substituents is 1. The Morgan fingerprint density at radius 2 is 2.10 bits per heavy atom. The highest BCUT2D eigenvalue weighted by molar-refractivity contribution is 5.42. The predicted molar refractivity (Wildman–Crippen MR) is 79.5 cm³/mol. The van der Waals surface area contributed by atoms with Gasteiger partial charge < -0.3 is 14.8 Å². The molecule has 0 spiro atoms. The van der Waals surface area contributed by atoms with Crippen LogP contribution in [0.5, 0.6) is 5.75 Å². The Kier molecular flexibility index (Phi) is 4.49. The number of hydrogen-bond donors (Lipinski definition) is 1. The quantitative estimate of drug-likeness (QED) is 0.644. The van der Waals surface area contributed by atoms with Crippen LogP contribution in [0.15, 0.2) is 18.2 Å². The molecule has 0 heterocycles. The van der Waals surface area contributed by atoms with E-state index >= 15 is 0 Å². The van der Waals surface area contributed by atoms with E-state index in [2.05, 4.69) is 19.2 Å². The van der Waals surface area contributed by atoms with Crippen molar-refractivity contribution in [3.05, 3.63) is 33.9 Å². The molecule has 1 saturated carbocycles. The summed E-state index contributed by atoms with van der Waals surface area (Å²) in [7, 11) is 3.24. The van der Waals surface area contributed by atoms with Gasteiger partial charge in [0.1, 0.15) is 5.75 Å². The van der Waals surface area contributed by atoms with E-state index in [0.717, 1.165) is 12.0 Å². The summed E-state index contributed by atoms with van der Waals surface area (Å²) >= 11 is 0. The number of ether oxygens (including phenoxy) is 2. The molecular formula is C15H22N2O4. The summed E-state index contributed by atoms with van der Waals surface area (Å²) in [6.45, 7) is 4.90. The number of hydrogen-bond acceptors (Lipinski definition) is 5. The molecule has 2 unspecified atom stereocenters. The summed E-state index contributed by atoms with van der Waals surface area (Å²) in [6.07, 6.45) is 1.21. The van der Waals surface area contributed by atoms with Crippen molar-refractivity contribution in [1.29, 1.82) is 0 Å². The van der Waals surface area contributed by atoms with Crippen LogP contribution in [0.2, 0.25) is 0 Å². The lowest BCUT2D eigenvalue weighted by Gasteiger charge is -2.51. The van der Waals surface area contributed by atoms with E-state index in [1.54, 1.807) is 13.2 Å². The van der Waals surface area contributed by atoms with Gasteiger partial charge >= 0.3 is 0 Å². The molecule has 1 fully saturated rings. The van der Waals surface area contributed by atoms with Crippen LogP contribution in [0.25, 0.3) is 0 Å². The van der Waals surface area contributed by atoms with Gasteiger partial charge in [0.2, 0.25) is 0 Å². The van der Waals surface area contributed by atoms with Gasteiger partial charge in [-0.3, -0.25) is 10.1 Å². The highest BCUT2D eigenvalue weighted by atomic mass is 16.6. The van der Waals surface area contributed by atoms with Gasteiger partial charge in [-0.25, -0.2) is 0 Å². The summed E-state index contributed by atoms with van der Waals surface area (Å²) in [4.78, 5) is 10.5. The Balaban J connectivity index is 2.04. The topological polar surface area (TPSA) is 73.6 Å². The molecule has 1 N–H and O–H groups in total. The minimum atomic E-state index is -0.403. The standard InChI is InChI=1S/C15H22N2O4/c1-15(2)13(8-14(15)21-4)16-9-10-5-11(17(18)19)7-12(6-10)20-3/h5-7,13-14,16H,8-9H2,1-4H3. The number of nitro benzene ring substituents is 1. The molecule has 0 radical (unpaired) electrons. The molecule has 2 atom stereocenters. The third-order valence-corrected chi connectivity index (χ3v) is 4.41. The molecule has 2 rings (SSSR count). The van der Waals surface area contributed by atoms with Crippen LogP contribution < -0.4 is 10.1 Å². The number of rotatable bonds is 6. The molecule has 6 heteroatoms. The fraction of sp³-hybridized carbons (Fsp3) is 0.600. The third-order valence-electron chi connectivity index (χ3n) is 4.41. The van der Waals surface area contributed by atoms with Crippen molar-refractivity contribution >= 4 is 5.69 Å². The lowest BCUT2D eigenvalue weighted by molar-refractivity contribution is -0.385. The second kappa shape index (κ2) is 5.99. The zero-order valence-corrected chi connectivity index (χ0v) is 12.9. The zero-order valence-electron chi connectivity index (χ0n) is 12.9. The summed E-state index contributed by atoms with van der Waals surface area (Å²) in [5, 5.41) is 14.4. The third kappa shape index (κ3) is 3.16. The predicted octanol–water partition coefficient (Wildman–Crippen LogP) is 2.51. The molecule has 1 aromatic rings. The molecule has 1 aliphatic rings. The number of nitrogens with one attached hydrogen (secondary N) is 1. The first-order valence-corrected chi connectivity index (χ1v) is 6.97. The molecule has 1 aromatic carbocycles. The van der Waals surface area contributed by atoms with Gasteiger partial charge in [-0.1, -0.05) is 13.8 Å². The first-order valence-electron chi connectivity index (χ1n) is 6.97. The highest BCUT2D eigenvalue weighted by Gasteiger charge is 2.48. The Labute approximate surface area is 124 Å². The van der Waals surface area contributed by atoms with Crippen molar-refractivity contribution in [1.82, 2.24) is 5.32 Å². The van der Waals surface area contributed by atoms with Gasteiger partial charge in [0.15, 0.2) is 0 Å². The monoisotopic (exact) mass is 294 g/mol. The van der Waals surface area contributed by atoms with Gasteiger partial charge in [-0.2, -0.15) is 0 Å². The number of methoxy groups -OCH3 is 2. The minimum Gasteiger partial charge on any atom is -0.496 e. The first-order chi connectivity index (χ1) is 9.88. The normalized spacial score (nSPS) is 23.4. The van der Waals surface area contributed by atoms with Crippen LogP contribution >= 0.6 is 0 Å². The molecule has 6 nitrogen and oxygen atoms in total. The van der Waals surface area contributed by atoms with Crippen LogP contribution in [-0.4, -0.2) is 31.3 Å². The average Bonchev–Trinajstić information content (AvgIpc) is 2.45. The maximum Gasteiger partial charge on any atom is 0.273 e. The van der Waals surface area contributed by atoms with Gasteiger partial charge in [0.05, 0.1) is 24.2 Å². The van der Waals surface area contributed by atoms with Crippen molar-refractivity contribution in [2.75, 3.05) is 14.2 Å². The Hall–Kier alpha value is -1.66. The first kappa shape index (κ1) is 15.7. The summed E-state index contributed by atoms with van der Waals surface area (Å²) in [5.41, 5.74) is 0.964. The SMILES string of the molecule is COc1cc(CNC2CC(OC)C2(C)C)cc([N+](=O)[O-])c1. The van der Waals surface area contributed by atoms with E-state index < -0.39 is 4.92 Å². The molecule has 1 aliphatic carbocycles. The second-order valence-electron chi connectivity index (χ2n) is 6.01. The average molecular weight is 294 g/mol. The highest BCUT2D eigenvalue weighted by Crippen LogP contribution is 2.42. The minimum absolute atomic E-state index is 0.0498. The lowest BCUT2D eigenvalue weighted by Crippen LogP contribution is -2.60. The van der Waals surface area contributed by atoms with Gasteiger partial charge in [-0.15, -0.1) is 0 Å². The van der Waals surface area contributed by atoms with E-state index in [1.165, 1.54) is 13.2 Å². The maximum absolute atomic E-state index is 10.9. The van der Waals surface area contributed by atoms with E-state index in [-0.39, 0.29) is 17.2 Å². The van der Waals surface area contributed by atoms with Gasteiger partial charge in [-0.05, 0) is 18.1 Å². The Morgan fingerprint density at radius 1 is 1.38 bits per heavy atom. The summed E-state index contributed by atoms with van der Waals surface area (Å²) < 4.78 is 10.5. The molecule has 116 valence electrons. The van der Waals surface area contributed by atoms with E-state index in [0.29, 0.717) is 18.3 Å². The van der Waals surface area contributed by atoms with Crippen LogP contribution in [0.1, 0.15) is 25.8 Å². The largest absolute Gasteiger partial charge is 0.496 e. The zero-order chi connectivity index (χ0) is 15.6. The fourth-order valence-electron chi connectivity index (χ4n) is 2.84. The van der Waals surface area contributed by atoms with Crippen molar-refractivity contribution in [2.24, 2.45) is 5.41 Å². The Morgan fingerprint density at radius 3 is 2.62 bits per heavy atom. The molecular weight excluding hydrogens is 272 g/mol. The van der Waals surface area contributed by atoms with Crippen LogP contribution in [0.3, 0.4) is 0 Å². The number of benzene rings is 1. The van der Waals surface area contributed by atoms with E-state index in [4.69, 9.17) is 9.47 Å². The van der Waals surface area contributed by atoms with Gasteiger partial charge in [0.25, 0.3) is 5.69 Å². The molecule has 0 aromatic heterocycles. The lowest BCUT2D eigenvalue weighted by atomic mass is 9.64.